The second kappa shape index (κ2) is 11.9. The molecule has 3 aromatic rings. The van der Waals surface area contributed by atoms with Crippen LogP contribution in [0.2, 0.25) is 0 Å². The van der Waals surface area contributed by atoms with Crippen LogP contribution >= 0.6 is 24.0 Å². The molecule has 3 rings (SSSR count). The number of nitrogens with zero attached hydrogens (tertiary/aromatic N) is 2. The minimum Gasteiger partial charge on any atom is -0.493 e. The molecule has 0 saturated heterocycles. The molecule has 0 spiro atoms. The van der Waals surface area contributed by atoms with E-state index < -0.39 is 0 Å². The summed E-state index contributed by atoms with van der Waals surface area (Å²) in [7, 11) is 3.19. The number of aliphatic imine (C=N–C) groups is 1. The standard InChI is InChI=1S/C22H23FN4O3.HI/c1-28-19-9-3-15(11-20(19)29-2)12-26-22(24)27-14-16-4-10-21(25-13-16)30-18-7-5-17(23)6-8-18;/h3-11,13H,12,14H2,1-2H3,(H3,24,26,27);1H. The van der Waals surface area contributed by atoms with Crippen molar-refractivity contribution in [3.05, 3.63) is 77.7 Å². The van der Waals surface area contributed by atoms with Crippen molar-refractivity contribution in [3.8, 4) is 23.1 Å². The van der Waals surface area contributed by atoms with Gasteiger partial charge in [-0.1, -0.05) is 12.1 Å². The van der Waals surface area contributed by atoms with Gasteiger partial charge in [-0.05, 0) is 47.5 Å². The van der Waals surface area contributed by atoms with Gasteiger partial charge < -0.3 is 25.3 Å². The molecule has 0 saturated carbocycles. The summed E-state index contributed by atoms with van der Waals surface area (Å²) in [5.41, 5.74) is 7.80. The molecule has 1 heterocycles. The number of hydrogen-bond acceptors (Lipinski definition) is 5. The largest absolute Gasteiger partial charge is 0.493 e. The van der Waals surface area contributed by atoms with E-state index in [0.29, 0.717) is 42.2 Å². The fourth-order valence-corrected chi connectivity index (χ4v) is 2.60. The Labute approximate surface area is 197 Å². The van der Waals surface area contributed by atoms with Crippen LogP contribution in [0.25, 0.3) is 0 Å². The van der Waals surface area contributed by atoms with E-state index in [9.17, 15) is 4.39 Å². The number of benzene rings is 2. The van der Waals surface area contributed by atoms with Crippen LogP contribution in [0.15, 0.2) is 65.8 Å². The summed E-state index contributed by atoms with van der Waals surface area (Å²) < 4.78 is 29.0. The second-order valence-corrected chi connectivity index (χ2v) is 6.31. The zero-order valence-electron chi connectivity index (χ0n) is 17.2. The lowest BCUT2D eigenvalue weighted by molar-refractivity contribution is 0.354. The molecule has 0 aliphatic rings. The lowest BCUT2D eigenvalue weighted by Gasteiger charge is -2.10. The van der Waals surface area contributed by atoms with Gasteiger partial charge in [0, 0.05) is 18.8 Å². The van der Waals surface area contributed by atoms with Gasteiger partial charge in [-0.15, -0.1) is 24.0 Å². The first kappa shape index (κ1) is 24.2. The number of pyridine rings is 1. The Kier molecular flexibility index (Phi) is 9.32. The van der Waals surface area contributed by atoms with Crippen LogP contribution < -0.4 is 25.3 Å². The van der Waals surface area contributed by atoms with Gasteiger partial charge in [0.05, 0.1) is 20.8 Å². The maximum atomic E-state index is 12.9. The lowest BCUT2D eigenvalue weighted by atomic mass is 10.2. The molecule has 0 aliphatic heterocycles. The molecule has 7 nitrogen and oxygen atoms in total. The molecule has 164 valence electrons. The molecule has 0 atom stereocenters. The highest BCUT2D eigenvalue weighted by atomic mass is 127. The molecule has 0 unspecified atom stereocenters. The molecule has 0 bridgehead atoms. The molecule has 0 amide bonds. The molecule has 0 fully saturated rings. The van der Waals surface area contributed by atoms with E-state index in [1.807, 2.05) is 24.3 Å². The zero-order chi connectivity index (χ0) is 21.3. The first-order chi connectivity index (χ1) is 14.6. The minimum atomic E-state index is -0.319. The first-order valence-electron chi connectivity index (χ1n) is 9.20. The third-order valence-electron chi connectivity index (χ3n) is 4.19. The summed E-state index contributed by atoms with van der Waals surface area (Å²) in [6.07, 6.45) is 1.66. The molecular weight excluding hydrogens is 514 g/mol. The van der Waals surface area contributed by atoms with Crippen LogP contribution in [0.3, 0.4) is 0 Å². The Bertz CT molecular complexity index is 999. The Morgan fingerprint density at radius 1 is 1.00 bits per heavy atom. The Hall–Kier alpha value is -3.08. The van der Waals surface area contributed by atoms with Gasteiger partial charge in [0.2, 0.25) is 5.88 Å². The van der Waals surface area contributed by atoms with E-state index in [4.69, 9.17) is 19.9 Å². The van der Waals surface area contributed by atoms with Crippen molar-refractivity contribution < 1.29 is 18.6 Å². The lowest BCUT2D eigenvalue weighted by Crippen LogP contribution is -2.31. The van der Waals surface area contributed by atoms with Crippen molar-refractivity contribution in [2.75, 3.05) is 14.2 Å². The van der Waals surface area contributed by atoms with Crippen LogP contribution in [0.5, 0.6) is 23.1 Å². The van der Waals surface area contributed by atoms with E-state index in [-0.39, 0.29) is 29.8 Å². The first-order valence-corrected chi connectivity index (χ1v) is 9.20. The molecule has 3 N–H and O–H groups in total. The summed E-state index contributed by atoms with van der Waals surface area (Å²) in [5, 5.41) is 3.06. The van der Waals surface area contributed by atoms with Gasteiger partial charge in [-0.25, -0.2) is 14.4 Å². The average molecular weight is 538 g/mol. The van der Waals surface area contributed by atoms with E-state index in [1.54, 1.807) is 38.6 Å². The number of nitrogens with one attached hydrogen (secondary N) is 1. The third-order valence-corrected chi connectivity index (χ3v) is 4.19. The number of hydrogen-bond donors (Lipinski definition) is 2. The van der Waals surface area contributed by atoms with Gasteiger partial charge in [-0.3, -0.25) is 0 Å². The van der Waals surface area contributed by atoms with Gasteiger partial charge in [0.1, 0.15) is 11.6 Å². The fourth-order valence-electron chi connectivity index (χ4n) is 2.60. The van der Waals surface area contributed by atoms with Crippen molar-refractivity contribution in [1.29, 1.82) is 0 Å². The number of rotatable bonds is 8. The molecule has 2 aromatic carbocycles. The maximum absolute atomic E-state index is 12.9. The monoisotopic (exact) mass is 538 g/mol. The number of guanidine groups is 1. The summed E-state index contributed by atoms with van der Waals surface area (Å²) in [5.74, 6) is 2.24. The zero-order valence-corrected chi connectivity index (χ0v) is 19.5. The van der Waals surface area contributed by atoms with Crippen molar-refractivity contribution in [1.82, 2.24) is 10.3 Å². The van der Waals surface area contributed by atoms with Crippen LogP contribution in [-0.2, 0) is 13.1 Å². The predicted octanol–water partition coefficient (Wildman–Crippen LogP) is 4.25. The van der Waals surface area contributed by atoms with E-state index in [1.165, 1.54) is 12.1 Å². The third kappa shape index (κ3) is 7.28. The van der Waals surface area contributed by atoms with Crippen molar-refractivity contribution in [2.45, 2.75) is 13.1 Å². The molecule has 0 aliphatic carbocycles. The Morgan fingerprint density at radius 2 is 1.71 bits per heavy atom. The van der Waals surface area contributed by atoms with Gasteiger partial charge in [-0.2, -0.15) is 0 Å². The summed E-state index contributed by atoms with van der Waals surface area (Å²) in [6, 6.07) is 14.9. The number of halogens is 2. The Balaban J connectivity index is 0.00000341. The van der Waals surface area contributed by atoms with Crippen LogP contribution in [-0.4, -0.2) is 25.2 Å². The topological polar surface area (TPSA) is 91.0 Å². The number of methoxy groups -OCH3 is 2. The van der Waals surface area contributed by atoms with Gasteiger partial charge in [0.25, 0.3) is 0 Å². The normalized spacial score (nSPS) is 10.7. The van der Waals surface area contributed by atoms with Gasteiger partial charge >= 0.3 is 0 Å². The molecule has 31 heavy (non-hydrogen) atoms. The summed E-state index contributed by atoms with van der Waals surface area (Å²) >= 11 is 0. The van der Waals surface area contributed by atoms with Gasteiger partial charge in [0.15, 0.2) is 17.5 Å². The van der Waals surface area contributed by atoms with E-state index in [0.717, 1.165) is 11.1 Å². The number of ether oxygens (including phenoxy) is 3. The quantitative estimate of drug-likeness (QED) is 0.253. The highest BCUT2D eigenvalue weighted by molar-refractivity contribution is 14.0. The van der Waals surface area contributed by atoms with E-state index in [2.05, 4.69) is 15.3 Å². The fraction of sp³-hybridized carbons (Fsp3) is 0.182. The summed E-state index contributed by atoms with van der Waals surface area (Å²) in [6.45, 7) is 0.868. The highest BCUT2D eigenvalue weighted by Crippen LogP contribution is 2.27. The maximum Gasteiger partial charge on any atom is 0.219 e. The molecule has 9 heteroatoms. The van der Waals surface area contributed by atoms with Crippen molar-refractivity contribution >= 4 is 29.9 Å². The smallest absolute Gasteiger partial charge is 0.219 e. The number of aromatic nitrogens is 1. The van der Waals surface area contributed by atoms with Crippen molar-refractivity contribution in [3.63, 3.8) is 0 Å². The molecular formula is C22H24FIN4O3. The van der Waals surface area contributed by atoms with Crippen molar-refractivity contribution in [2.24, 2.45) is 10.7 Å². The SMILES string of the molecule is COc1ccc(CNC(N)=NCc2ccc(Oc3ccc(F)cc3)nc2)cc1OC.I. The van der Waals surface area contributed by atoms with E-state index >= 15 is 0 Å². The Morgan fingerprint density at radius 3 is 2.35 bits per heavy atom. The van der Waals surface area contributed by atoms with Crippen LogP contribution in [0.4, 0.5) is 4.39 Å². The molecule has 0 radical (unpaired) electrons. The predicted molar refractivity (Wildman–Crippen MR) is 128 cm³/mol. The average Bonchev–Trinajstić information content (AvgIpc) is 2.78. The number of nitrogens with two attached hydrogens (primary N) is 1. The highest BCUT2D eigenvalue weighted by Gasteiger charge is 2.05. The summed E-state index contributed by atoms with van der Waals surface area (Å²) in [4.78, 5) is 8.55. The second-order valence-electron chi connectivity index (χ2n) is 6.31. The molecule has 1 aromatic heterocycles. The minimum absolute atomic E-state index is 0. The van der Waals surface area contributed by atoms with Crippen LogP contribution in [0, 0.1) is 5.82 Å². The van der Waals surface area contributed by atoms with Crippen LogP contribution in [0.1, 0.15) is 11.1 Å².